The maximum absolute atomic E-state index is 12.1. The second-order valence-electron chi connectivity index (χ2n) is 5.57. The molecule has 0 radical (unpaired) electrons. The Morgan fingerprint density at radius 1 is 1.57 bits per heavy atom. The summed E-state index contributed by atoms with van der Waals surface area (Å²) >= 11 is 1.49. The van der Waals surface area contributed by atoms with Gasteiger partial charge in [-0.3, -0.25) is 9.69 Å². The molecule has 112 valence electrons. The number of hydrogen-bond donors (Lipinski definition) is 2. The van der Waals surface area contributed by atoms with Crippen molar-refractivity contribution >= 4 is 32.6 Å². The summed E-state index contributed by atoms with van der Waals surface area (Å²) in [7, 11) is 0. The van der Waals surface area contributed by atoms with Crippen LogP contribution in [0.3, 0.4) is 0 Å². The molecule has 1 aliphatic heterocycles. The lowest BCUT2D eigenvalue weighted by Crippen LogP contribution is -2.42. The van der Waals surface area contributed by atoms with Crippen molar-refractivity contribution in [1.82, 2.24) is 9.88 Å². The molecule has 1 atom stereocenters. The van der Waals surface area contributed by atoms with Crippen LogP contribution in [0.4, 0.5) is 5.13 Å². The summed E-state index contributed by atoms with van der Waals surface area (Å²) in [5, 5.41) is 13.1. The highest BCUT2D eigenvalue weighted by Gasteiger charge is 2.20. The van der Waals surface area contributed by atoms with Crippen molar-refractivity contribution in [1.29, 1.82) is 0 Å². The molecule has 1 amide bonds. The molecule has 1 saturated heterocycles. The third kappa shape index (κ3) is 3.58. The maximum atomic E-state index is 12.1. The summed E-state index contributed by atoms with van der Waals surface area (Å²) in [6.45, 7) is 3.79. The molecule has 0 aliphatic carbocycles. The lowest BCUT2D eigenvalue weighted by atomic mass is 10.1. The number of thiazole rings is 1. The molecule has 6 heteroatoms. The van der Waals surface area contributed by atoms with Gasteiger partial charge in [-0.05, 0) is 44.0 Å². The van der Waals surface area contributed by atoms with E-state index in [0.717, 1.165) is 29.6 Å². The van der Waals surface area contributed by atoms with E-state index >= 15 is 0 Å². The van der Waals surface area contributed by atoms with E-state index in [0.29, 0.717) is 18.2 Å². The number of carbonyl (C=O) groups is 1. The molecule has 3 rings (SSSR count). The number of aliphatic hydroxyl groups excluding tert-OH is 1. The maximum Gasteiger partial charge on any atom is 0.240 e. The summed E-state index contributed by atoms with van der Waals surface area (Å²) in [6.07, 6.45) is 1.46. The second-order valence-corrected chi connectivity index (χ2v) is 6.60. The number of carbonyl (C=O) groups excluding carboxylic acids is 1. The monoisotopic (exact) mass is 305 g/mol. The predicted molar refractivity (Wildman–Crippen MR) is 84.7 cm³/mol. The topological polar surface area (TPSA) is 65.5 Å². The molecule has 0 bridgehead atoms. The van der Waals surface area contributed by atoms with Crippen molar-refractivity contribution in [2.24, 2.45) is 0 Å². The van der Waals surface area contributed by atoms with Gasteiger partial charge in [0.15, 0.2) is 5.13 Å². The number of likely N-dealkylation sites (tertiary alicyclic amines) is 1. The zero-order chi connectivity index (χ0) is 14.8. The number of aryl methyl sites for hydroxylation is 1. The van der Waals surface area contributed by atoms with Crippen LogP contribution in [0.15, 0.2) is 18.2 Å². The van der Waals surface area contributed by atoms with E-state index in [9.17, 15) is 9.90 Å². The fraction of sp³-hybridized carbons (Fsp3) is 0.467. The fourth-order valence-electron chi connectivity index (χ4n) is 2.62. The van der Waals surface area contributed by atoms with Gasteiger partial charge in [-0.15, -0.1) is 0 Å². The molecule has 0 spiro atoms. The molecule has 1 aromatic carbocycles. The van der Waals surface area contributed by atoms with Crippen molar-refractivity contribution < 1.29 is 9.90 Å². The predicted octanol–water partition coefficient (Wildman–Crippen LogP) is 2.00. The zero-order valence-corrected chi connectivity index (χ0v) is 12.8. The van der Waals surface area contributed by atoms with Crippen LogP contribution in [0.5, 0.6) is 0 Å². The number of fused-ring (bicyclic) bond motifs is 1. The molecule has 2 N–H and O–H groups in total. The molecular weight excluding hydrogens is 286 g/mol. The second kappa shape index (κ2) is 6.09. The van der Waals surface area contributed by atoms with Crippen LogP contribution in [0, 0.1) is 6.92 Å². The number of benzene rings is 1. The van der Waals surface area contributed by atoms with Crippen molar-refractivity contribution in [2.75, 3.05) is 25.0 Å². The van der Waals surface area contributed by atoms with Crippen LogP contribution in [-0.2, 0) is 4.79 Å². The Kier molecular flexibility index (Phi) is 4.19. The van der Waals surface area contributed by atoms with Gasteiger partial charge in [-0.1, -0.05) is 17.4 Å². The van der Waals surface area contributed by atoms with Gasteiger partial charge >= 0.3 is 0 Å². The zero-order valence-electron chi connectivity index (χ0n) is 12.0. The Morgan fingerprint density at radius 2 is 2.43 bits per heavy atom. The highest BCUT2D eigenvalue weighted by Crippen LogP contribution is 2.26. The van der Waals surface area contributed by atoms with Crippen LogP contribution >= 0.6 is 11.3 Å². The van der Waals surface area contributed by atoms with E-state index in [1.807, 2.05) is 24.0 Å². The van der Waals surface area contributed by atoms with Gasteiger partial charge in [-0.2, -0.15) is 0 Å². The van der Waals surface area contributed by atoms with E-state index in [1.54, 1.807) is 0 Å². The van der Waals surface area contributed by atoms with Crippen molar-refractivity contribution in [2.45, 2.75) is 25.9 Å². The number of β-amino-alcohol motifs (C(OH)–C–C–N with tert-alkyl or cyclic N) is 1. The molecule has 0 saturated carbocycles. The standard InChI is InChI=1S/C15H19N3O2S/c1-10-4-5-12-13(7-10)21-15(16-12)17-14(20)9-18-6-2-3-11(19)8-18/h4-5,7,11,19H,2-3,6,8-9H2,1H3,(H,16,17,20). The van der Waals surface area contributed by atoms with Gasteiger partial charge in [0, 0.05) is 6.54 Å². The first-order valence-electron chi connectivity index (χ1n) is 7.17. The number of aliphatic hydroxyl groups is 1. The third-order valence-corrected chi connectivity index (χ3v) is 4.57. The largest absolute Gasteiger partial charge is 0.392 e. The Balaban J connectivity index is 1.63. The Labute approximate surface area is 127 Å². The van der Waals surface area contributed by atoms with Gasteiger partial charge in [-0.25, -0.2) is 4.98 Å². The highest BCUT2D eigenvalue weighted by molar-refractivity contribution is 7.22. The minimum atomic E-state index is -0.308. The first-order chi connectivity index (χ1) is 10.1. The van der Waals surface area contributed by atoms with Crippen molar-refractivity contribution in [3.63, 3.8) is 0 Å². The summed E-state index contributed by atoms with van der Waals surface area (Å²) in [5.41, 5.74) is 2.10. The van der Waals surface area contributed by atoms with Gasteiger partial charge in [0.2, 0.25) is 5.91 Å². The Hall–Kier alpha value is -1.50. The molecule has 5 nitrogen and oxygen atoms in total. The molecule has 1 unspecified atom stereocenters. The van der Waals surface area contributed by atoms with E-state index in [-0.39, 0.29) is 12.0 Å². The van der Waals surface area contributed by atoms with Gasteiger partial charge in [0.05, 0.1) is 22.9 Å². The number of amides is 1. The molecule has 2 heterocycles. The Morgan fingerprint density at radius 3 is 3.24 bits per heavy atom. The number of nitrogens with one attached hydrogen (secondary N) is 1. The Bertz CT molecular complexity index is 655. The minimum absolute atomic E-state index is 0.0696. The number of aromatic nitrogens is 1. The minimum Gasteiger partial charge on any atom is -0.392 e. The lowest BCUT2D eigenvalue weighted by molar-refractivity contribution is -0.118. The normalized spacial score (nSPS) is 19.8. The van der Waals surface area contributed by atoms with Crippen molar-refractivity contribution in [3.8, 4) is 0 Å². The lowest BCUT2D eigenvalue weighted by Gasteiger charge is -2.29. The van der Waals surface area contributed by atoms with Crippen LogP contribution in [0.2, 0.25) is 0 Å². The third-order valence-electron chi connectivity index (χ3n) is 3.64. The molecule has 1 fully saturated rings. The SMILES string of the molecule is Cc1ccc2nc(NC(=O)CN3CCCC(O)C3)sc2c1. The molecular formula is C15H19N3O2S. The van der Waals surface area contributed by atoms with Gasteiger partial charge in [0.1, 0.15) is 0 Å². The van der Waals surface area contributed by atoms with E-state index in [1.165, 1.54) is 16.9 Å². The quantitative estimate of drug-likeness (QED) is 0.910. The van der Waals surface area contributed by atoms with Crippen LogP contribution in [-0.4, -0.2) is 46.6 Å². The number of anilines is 1. The smallest absolute Gasteiger partial charge is 0.240 e. The number of rotatable bonds is 3. The summed E-state index contributed by atoms with van der Waals surface area (Å²) in [6, 6.07) is 6.06. The van der Waals surface area contributed by atoms with E-state index in [4.69, 9.17) is 0 Å². The molecule has 1 aliphatic rings. The first-order valence-corrected chi connectivity index (χ1v) is 7.99. The molecule has 2 aromatic rings. The molecule has 1 aromatic heterocycles. The summed E-state index contributed by atoms with van der Waals surface area (Å²) in [4.78, 5) is 18.5. The number of nitrogens with zero attached hydrogens (tertiary/aromatic N) is 2. The van der Waals surface area contributed by atoms with Crippen LogP contribution < -0.4 is 5.32 Å². The number of hydrogen-bond acceptors (Lipinski definition) is 5. The van der Waals surface area contributed by atoms with Gasteiger partial charge < -0.3 is 10.4 Å². The van der Waals surface area contributed by atoms with Crippen molar-refractivity contribution in [3.05, 3.63) is 23.8 Å². The first kappa shape index (κ1) is 14.4. The van der Waals surface area contributed by atoms with Crippen LogP contribution in [0.25, 0.3) is 10.2 Å². The van der Waals surface area contributed by atoms with Crippen LogP contribution in [0.1, 0.15) is 18.4 Å². The van der Waals surface area contributed by atoms with Gasteiger partial charge in [0.25, 0.3) is 0 Å². The summed E-state index contributed by atoms with van der Waals surface area (Å²) < 4.78 is 1.08. The highest BCUT2D eigenvalue weighted by atomic mass is 32.1. The fourth-order valence-corrected chi connectivity index (χ4v) is 3.60. The van der Waals surface area contributed by atoms with E-state index < -0.39 is 0 Å². The van der Waals surface area contributed by atoms with E-state index in [2.05, 4.69) is 16.4 Å². The number of piperidine rings is 1. The average Bonchev–Trinajstić information content (AvgIpc) is 2.79. The summed E-state index contributed by atoms with van der Waals surface area (Å²) in [5.74, 6) is -0.0696. The molecule has 21 heavy (non-hydrogen) atoms. The average molecular weight is 305 g/mol.